The van der Waals surface area contributed by atoms with Crippen LogP contribution in [0, 0.1) is 12.8 Å². The Morgan fingerprint density at radius 3 is 2.17 bits per heavy atom. The zero-order valence-corrected chi connectivity index (χ0v) is 17.3. The number of ether oxygens (including phenoxy) is 1. The van der Waals surface area contributed by atoms with Crippen LogP contribution in [0.5, 0.6) is 0 Å². The number of nitrogens with zero attached hydrogens (tertiary/aromatic N) is 1. The van der Waals surface area contributed by atoms with Gasteiger partial charge in [0.05, 0.1) is 5.56 Å². The third-order valence-corrected chi connectivity index (χ3v) is 5.78. The fraction of sp³-hybridized carbons (Fsp3) is 0.636. The van der Waals surface area contributed by atoms with E-state index in [-0.39, 0.29) is 41.0 Å². The summed E-state index contributed by atoms with van der Waals surface area (Å²) in [6.45, 7) is 6.83. The van der Waals surface area contributed by atoms with Gasteiger partial charge in [0.15, 0.2) is 5.78 Å². The molecule has 2 aliphatic rings. The van der Waals surface area contributed by atoms with Gasteiger partial charge >= 0.3 is 12.3 Å². The van der Waals surface area contributed by atoms with E-state index in [1.54, 1.807) is 4.90 Å². The molecule has 1 aromatic rings. The molecule has 2 atom stereocenters. The van der Waals surface area contributed by atoms with Crippen LogP contribution >= 0.6 is 0 Å². The Morgan fingerprint density at radius 1 is 1.07 bits per heavy atom. The second-order valence-electron chi connectivity index (χ2n) is 9.19. The van der Waals surface area contributed by atoms with E-state index in [1.165, 1.54) is 19.1 Å². The van der Waals surface area contributed by atoms with Crippen molar-refractivity contribution in [3.63, 3.8) is 0 Å². The van der Waals surface area contributed by atoms with Crippen LogP contribution in [-0.4, -0.2) is 34.5 Å². The highest BCUT2D eigenvalue weighted by Crippen LogP contribution is 2.40. The van der Waals surface area contributed by atoms with Crippen molar-refractivity contribution < 1.29 is 27.5 Å². The zero-order chi connectivity index (χ0) is 21.6. The van der Waals surface area contributed by atoms with Gasteiger partial charge in [0.2, 0.25) is 0 Å². The molecule has 0 saturated carbocycles. The van der Waals surface area contributed by atoms with Crippen molar-refractivity contribution in [1.82, 2.24) is 4.90 Å². The fourth-order valence-corrected chi connectivity index (χ4v) is 4.52. The first-order valence-electron chi connectivity index (χ1n) is 10.1. The minimum absolute atomic E-state index is 0.0942. The quantitative estimate of drug-likeness (QED) is 0.581. The average molecular weight is 411 g/mol. The standard InChI is InChI=1S/C22H28F3NO3/c1-13-8-9-14(12-18(13)22(23,24)25)19(27)15-10-16-6-5-7-17(11-15)26(16)20(28)29-21(2,3)4/h8-9,12,15-17H,5-7,10-11H2,1-4H3. The molecule has 2 unspecified atom stereocenters. The number of alkyl halides is 3. The van der Waals surface area contributed by atoms with E-state index < -0.39 is 17.3 Å². The molecule has 160 valence electrons. The number of piperidine rings is 2. The maximum Gasteiger partial charge on any atom is 0.416 e. The van der Waals surface area contributed by atoms with Crippen LogP contribution in [0.3, 0.4) is 0 Å². The normalized spacial score (nSPS) is 24.9. The number of hydrogen-bond acceptors (Lipinski definition) is 3. The van der Waals surface area contributed by atoms with Crippen LogP contribution < -0.4 is 0 Å². The number of halogens is 3. The van der Waals surface area contributed by atoms with E-state index in [4.69, 9.17) is 4.74 Å². The van der Waals surface area contributed by atoms with Gasteiger partial charge in [-0.3, -0.25) is 4.79 Å². The van der Waals surface area contributed by atoms with Crippen LogP contribution in [0.1, 0.15) is 74.4 Å². The highest BCUT2D eigenvalue weighted by Gasteiger charge is 2.44. The van der Waals surface area contributed by atoms with Crippen molar-refractivity contribution >= 4 is 11.9 Å². The summed E-state index contributed by atoms with van der Waals surface area (Å²) < 4.78 is 45.2. The van der Waals surface area contributed by atoms with Gasteiger partial charge in [-0.1, -0.05) is 12.1 Å². The summed E-state index contributed by atoms with van der Waals surface area (Å²) in [5, 5.41) is 0. The first-order valence-corrected chi connectivity index (χ1v) is 10.1. The Morgan fingerprint density at radius 2 is 1.66 bits per heavy atom. The molecule has 0 aromatic heterocycles. The number of fused-ring (bicyclic) bond motifs is 2. The van der Waals surface area contributed by atoms with Crippen LogP contribution in [0.4, 0.5) is 18.0 Å². The van der Waals surface area contributed by atoms with Gasteiger partial charge in [-0.05, 0) is 71.4 Å². The van der Waals surface area contributed by atoms with Crippen molar-refractivity contribution in [3.05, 3.63) is 34.9 Å². The van der Waals surface area contributed by atoms with Gasteiger partial charge in [0, 0.05) is 23.6 Å². The maximum atomic E-state index is 13.2. The van der Waals surface area contributed by atoms with Crippen molar-refractivity contribution in [3.8, 4) is 0 Å². The Kier molecular flexibility index (Phi) is 5.71. The van der Waals surface area contributed by atoms with Crippen molar-refractivity contribution in [2.75, 3.05) is 0 Å². The van der Waals surface area contributed by atoms with Crippen LogP contribution in [-0.2, 0) is 10.9 Å². The molecule has 0 radical (unpaired) electrons. The number of ketones is 1. The highest BCUT2D eigenvalue weighted by atomic mass is 19.4. The topological polar surface area (TPSA) is 46.6 Å². The molecule has 0 aliphatic carbocycles. The summed E-state index contributed by atoms with van der Waals surface area (Å²) in [6, 6.07) is 3.57. The summed E-state index contributed by atoms with van der Waals surface area (Å²) in [4.78, 5) is 27.4. The molecule has 1 aromatic carbocycles. The smallest absolute Gasteiger partial charge is 0.416 e. The SMILES string of the molecule is Cc1ccc(C(=O)C2CC3CCCC(C2)N3C(=O)OC(C)(C)C)cc1C(F)(F)F. The molecular weight excluding hydrogens is 383 g/mol. The fourth-order valence-electron chi connectivity index (χ4n) is 4.52. The van der Waals surface area contributed by atoms with E-state index in [2.05, 4.69) is 0 Å². The van der Waals surface area contributed by atoms with E-state index in [1.807, 2.05) is 20.8 Å². The van der Waals surface area contributed by atoms with Crippen LogP contribution in [0.15, 0.2) is 18.2 Å². The molecule has 0 spiro atoms. The molecule has 2 heterocycles. The molecule has 4 nitrogen and oxygen atoms in total. The number of carbonyl (C=O) groups is 2. The summed E-state index contributed by atoms with van der Waals surface area (Å²) in [6.07, 6.45) is -1.40. The first-order chi connectivity index (χ1) is 13.4. The Hall–Kier alpha value is -2.05. The van der Waals surface area contributed by atoms with Crippen molar-refractivity contribution in [1.29, 1.82) is 0 Å². The molecule has 0 N–H and O–H groups in total. The Balaban J connectivity index is 1.79. The molecule has 1 amide bonds. The van der Waals surface area contributed by atoms with Gasteiger partial charge in [-0.2, -0.15) is 13.2 Å². The summed E-state index contributed by atoms with van der Waals surface area (Å²) in [5.74, 6) is -0.649. The lowest BCUT2D eigenvalue weighted by molar-refractivity contribution is -0.138. The second kappa shape index (κ2) is 7.65. The monoisotopic (exact) mass is 411 g/mol. The molecule has 3 rings (SSSR count). The number of rotatable bonds is 2. The average Bonchev–Trinajstić information content (AvgIpc) is 2.57. The number of hydrogen-bond donors (Lipinski definition) is 0. The number of Topliss-reactive ketones (excluding diaryl/α,β-unsaturated/α-hetero) is 1. The predicted molar refractivity (Wildman–Crippen MR) is 103 cm³/mol. The Labute approximate surface area is 169 Å². The van der Waals surface area contributed by atoms with Gasteiger partial charge in [-0.25, -0.2) is 4.79 Å². The van der Waals surface area contributed by atoms with E-state index >= 15 is 0 Å². The highest BCUT2D eigenvalue weighted by molar-refractivity contribution is 5.98. The minimum atomic E-state index is -4.49. The van der Waals surface area contributed by atoms with E-state index in [0.29, 0.717) is 12.8 Å². The summed E-state index contributed by atoms with van der Waals surface area (Å²) in [7, 11) is 0. The third-order valence-electron chi connectivity index (χ3n) is 5.78. The predicted octanol–water partition coefficient (Wildman–Crippen LogP) is 5.76. The van der Waals surface area contributed by atoms with Crippen molar-refractivity contribution in [2.45, 2.75) is 83.7 Å². The molecule has 2 saturated heterocycles. The van der Waals surface area contributed by atoms with Gasteiger partial charge in [-0.15, -0.1) is 0 Å². The lowest BCUT2D eigenvalue weighted by Gasteiger charge is -2.48. The third kappa shape index (κ3) is 4.75. The van der Waals surface area contributed by atoms with Crippen LogP contribution in [0.2, 0.25) is 0 Å². The largest absolute Gasteiger partial charge is 0.444 e. The van der Waals surface area contributed by atoms with Gasteiger partial charge in [0.1, 0.15) is 5.60 Å². The number of benzene rings is 1. The lowest BCUT2D eigenvalue weighted by atomic mass is 9.75. The molecule has 2 bridgehead atoms. The minimum Gasteiger partial charge on any atom is -0.444 e. The second-order valence-corrected chi connectivity index (χ2v) is 9.19. The Bertz CT molecular complexity index is 783. The molecule has 29 heavy (non-hydrogen) atoms. The number of amides is 1. The zero-order valence-electron chi connectivity index (χ0n) is 17.3. The van der Waals surface area contributed by atoms with E-state index in [0.717, 1.165) is 25.3 Å². The summed E-state index contributed by atoms with van der Waals surface area (Å²) >= 11 is 0. The van der Waals surface area contributed by atoms with E-state index in [9.17, 15) is 22.8 Å². The maximum absolute atomic E-state index is 13.2. The number of carbonyl (C=O) groups excluding carboxylic acids is 2. The summed E-state index contributed by atoms with van der Waals surface area (Å²) in [5.41, 5.74) is -1.18. The molecule has 2 fully saturated rings. The molecular formula is C22H28F3NO3. The van der Waals surface area contributed by atoms with Crippen molar-refractivity contribution in [2.24, 2.45) is 5.92 Å². The molecule has 2 aliphatic heterocycles. The number of aryl methyl sites for hydroxylation is 1. The first kappa shape index (κ1) is 21.7. The lowest BCUT2D eigenvalue weighted by Crippen LogP contribution is -2.56. The van der Waals surface area contributed by atoms with Crippen LogP contribution in [0.25, 0.3) is 0 Å². The molecule has 7 heteroatoms. The van der Waals surface area contributed by atoms with Gasteiger partial charge in [0.25, 0.3) is 0 Å². The van der Waals surface area contributed by atoms with Gasteiger partial charge < -0.3 is 9.64 Å².